The molecule has 2 rings (SSSR count). The minimum absolute atomic E-state index is 0.00637. The highest BCUT2D eigenvalue weighted by Crippen LogP contribution is 2.28. The predicted octanol–water partition coefficient (Wildman–Crippen LogP) is 3.64. The zero-order valence-corrected chi connectivity index (χ0v) is 14.7. The first kappa shape index (κ1) is 19.0. The molecule has 0 atom stereocenters. The van der Waals surface area contributed by atoms with Crippen LogP contribution in [0.1, 0.15) is 15.9 Å². The zero-order valence-electron chi connectivity index (χ0n) is 13.2. The van der Waals surface area contributed by atoms with Gasteiger partial charge in [-0.1, -0.05) is 23.2 Å². The predicted molar refractivity (Wildman–Crippen MR) is 90.9 cm³/mol. The number of carbonyl (C=O) groups is 2. The van der Waals surface area contributed by atoms with Crippen molar-refractivity contribution < 1.29 is 23.5 Å². The number of hydrogen-bond donors (Lipinski definition) is 1. The van der Waals surface area contributed by atoms with Gasteiger partial charge in [0.05, 0.1) is 22.7 Å². The fraction of sp³-hybridized carbons (Fsp3) is 0.188. The van der Waals surface area contributed by atoms with E-state index < -0.39 is 24.3 Å². The molecule has 0 radical (unpaired) electrons. The highest BCUT2D eigenvalue weighted by Gasteiger charge is 2.15. The Kier molecular flexibility index (Phi) is 6.17. The molecule has 0 aliphatic carbocycles. The molecule has 0 bridgehead atoms. The maximum absolute atomic E-state index is 13.6. The summed E-state index contributed by atoms with van der Waals surface area (Å²) in [4.78, 5) is 27.6. The van der Waals surface area contributed by atoms with Crippen LogP contribution < -0.4 is 10.1 Å². The van der Waals surface area contributed by atoms with E-state index in [1.807, 2.05) is 0 Å². The summed E-state index contributed by atoms with van der Waals surface area (Å²) in [6.45, 7) is 1.08. The number of carbonyl (C=O) groups excluding carboxylic acids is 2. The summed E-state index contributed by atoms with van der Waals surface area (Å²) in [5.41, 5.74) is 0.504. The molecule has 0 aliphatic rings. The van der Waals surface area contributed by atoms with Crippen LogP contribution in [-0.4, -0.2) is 30.6 Å². The topological polar surface area (TPSA) is 77.5 Å². The smallest absolute Gasteiger partial charge is 0.338 e. The van der Waals surface area contributed by atoms with Crippen LogP contribution in [0.25, 0.3) is 0 Å². The number of pyridine rings is 1. The van der Waals surface area contributed by atoms with E-state index in [1.165, 1.54) is 25.4 Å². The molecule has 0 unspecified atom stereocenters. The van der Waals surface area contributed by atoms with E-state index in [4.69, 9.17) is 32.7 Å². The highest BCUT2D eigenvalue weighted by molar-refractivity contribution is 6.37. The fourth-order valence-corrected chi connectivity index (χ4v) is 2.21. The van der Waals surface area contributed by atoms with Crippen LogP contribution in [0.15, 0.2) is 24.4 Å². The van der Waals surface area contributed by atoms with Crippen molar-refractivity contribution in [1.82, 2.24) is 4.98 Å². The lowest BCUT2D eigenvalue weighted by Gasteiger charge is -2.10. The first-order chi connectivity index (χ1) is 11.8. The molecule has 1 aromatic carbocycles. The van der Waals surface area contributed by atoms with Crippen LogP contribution in [0.5, 0.6) is 5.75 Å². The third-order valence-corrected chi connectivity index (χ3v) is 4.03. The van der Waals surface area contributed by atoms with Crippen molar-refractivity contribution in [3.05, 3.63) is 51.4 Å². The van der Waals surface area contributed by atoms with Crippen molar-refractivity contribution in [3.63, 3.8) is 0 Å². The van der Waals surface area contributed by atoms with Gasteiger partial charge in [-0.05, 0) is 30.7 Å². The van der Waals surface area contributed by atoms with Crippen molar-refractivity contribution in [2.24, 2.45) is 0 Å². The number of aromatic nitrogens is 1. The second-order valence-corrected chi connectivity index (χ2v) is 5.65. The van der Waals surface area contributed by atoms with E-state index in [1.54, 1.807) is 6.92 Å². The molecule has 9 heteroatoms. The van der Waals surface area contributed by atoms with Gasteiger partial charge in [0.1, 0.15) is 0 Å². The quantitative estimate of drug-likeness (QED) is 0.793. The van der Waals surface area contributed by atoms with E-state index in [0.717, 1.165) is 6.07 Å². The van der Waals surface area contributed by atoms with Gasteiger partial charge in [-0.2, -0.15) is 0 Å². The van der Waals surface area contributed by atoms with Gasteiger partial charge in [0.15, 0.2) is 24.0 Å². The Labute approximate surface area is 152 Å². The second-order valence-electron chi connectivity index (χ2n) is 4.87. The van der Waals surface area contributed by atoms with E-state index in [9.17, 15) is 14.0 Å². The van der Waals surface area contributed by atoms with E-state index in [2.05, 4.69) is 10.3 Å². The summed E-state index contributed by atoms with van der Waals surface area (Å²) in [5.74, 6) is -2.14. The van der Waals surface area contributed by atoms with E-state index in [-0.39, 0.29) is 22.2 Å². The SMILES string of the molecule is COc1ccc(C(=O)OCC(=O)Nc2ncc(Cl)c(C)c2Cl)cc1F. The van der Waals surface area contributed by atoms with Crippen LogP contribution >= 0.6 is 23.2 Å². The molecule has 0 aliphatic heterocycles. The minimum Gasteiger partial charge on any atom is -0.494 e. The first-order valence-electron chi connectivity index (χ1n) is 6.94. The molecule has 0 saturated carbocycles. The molecule has 6 nitrogen and oxygen atoms in total. The molecule has 0 fully saturated rings. The molecule has 1 aromatic heterocycles. The summed E-state index contributed by atoms with van der Waals surface area (Å²) < 4.78 is 23.1. The minimum atomic E-state index is -0.858. The molecular weight excluding hydrogens is 374 g/mol. The Morgan fingerprint density at radius 3 is 2.68 bits per heavy atom. The Morgan fingerprint density at radius 1 is 1.32 bits per heavy atom. The highest BCUT2D eigenvalue weighted by atomic mass is 35.5. The van der Waals surface area contributed by atoms with E-state index >= 15 is 0 Å². The van der Waals surface area contributed by atoms with Crippen LogP contribution in [0, 0.1) is 12.7 Å². The molecule has 1 amide bonds. The normalized spacial score (nSPS) is 10.3. The summed E-state index contributed by atoms with van der Waals surface area (Å²) in [5, 5.41) is 2.94. The van der Waals surface area contributed by atoms with Gasteiger partial charge in [-0.15, -0.1) is 0 Å². The van der Waals surface area contributed by atoms with Crippen LogP contribution in [-0.2, 0) is 9.53 Å². The third-order valence-electron chi connectivity index (χ3n) is 3.18. The molecular formula is C16H13Cl2FN2O4. The van der Waals surface area contributed by atoms with Crippen LogP contribution in [0.4, 0.5) is 10.2 Å². The van der Waals surface area contributed by atoms with E-state index in [0.29, 0.717) is 10.6 Å². The maximum atomic E-state index is 13.6. The van der Waals surface area contributed by atoms with Crippen molar-refractivity contribution in [3.8, 4) is 5.75 Å². The van der Waals surface area contributed by atoms with Gasteiger partial charge in [0, 0.05) is 6.20 Å². The summed E-state index contributed by atoms with van der Waals surface area (Å²) in [7, 11) is 1.30. The van der Waals surface area contributed by atoms with Gasteiger partial charge in [-0.25, -0.2) is 14.2 Å². The Balaban J connectivity index is 1.97. The number of rotatable bonds is 5. The molecule has 1 heterocycles. The summed E-state index contributed by atoms with van der Waals surface area (Å²) in [6.07, 6.45) is 1.34. The van der Waals surface area contributed by atoms with Crippen LogP contribution in [0.3, 0.4) is 0 Å². The lowest BCUT2D eigenvalue weighted by molar-refractivity contribution is -0.119. The van der Waals surface area contributed by atoms with Gasteiger partial charge in [0.2, 0.25) is 0 Å². The summed E-state index contributed by atoms with van der Waals surface area (Å²) in [6, 6.07) is 3.56. The Morgan fingerprint density at radius 2 is 2.04 bits per heavy atom. The molecule has 0 spiro atoms. The second kappa shape index (κ2) is 8.13. The molecule has 25 heavy (non-hydrogen) atoms. The number of ether oxygens (including phenoxy) is 2. The number of esters is 1. The molecule has 0 saturated heterocycles. The standard InChI is InChI=1S/C16H13Cl2FN2O4/c1-8-10(17)6-20-15(14(8)18)21-13(22)7-25-16(23)9-3-4-12(24-2)11(19)5-9/h3-6H,7H2,1-2H3,(H,20,21,22). The van der Waals surface area contributed by atoms with Crippen molar-refractivity contribution in [2.45, 2.75) is 6.92 Å². The number of benzene rings is 1. The zero-order chi connectivity index (χ0) is 18.6. The Hall–Kier alpha value is -2.38. The fourth-order valence-electron chi connectivity index (χ4n) is 1.82. The largest absolute Gasteiger partial charge is 0.494 e. The van der Waals surface area contributed by atoms with Crippen molar-refractivity contribution in [1.29, 1.82) is 0 Å². The number of anilines is 1. The average molecular weight is 387 g/mol. The van der Waals surface area contributed by atoms with Crippen molar-refractivity contribution >= 4 is 40.9 Å². The number of nitrogens with one attached hydrogen (secondary N) is 1. The molecule has 2 aromatic rings. The number of amides is 1. The number of methoxy groups -OCH3 is 1. The lowest BCUT2D eigenvalue weighted by atomic mass is 10.2. The van der Waals surface area contributed by atoms with Crippen LogP contribution in [0.2, 0.25) is 10.0 Å². The van der Waals surface area contributed by atoms with Crippen molar-refractivity contribution in [2.75, 3.05) is 19.0 Å². The monoisotopic (exact) mass is 386 g/mol. The number of hydrogen-bond acceptors (Lipinski definition) is 5. The number of halogens is 3. The first-order valence-corrected chi connectivity index (χ1v) is 7.70. The Bertz CT molecular complexity index is 830. The molecule has 132 valence electrons. The average Bonchev–Trinajstić information content (AvgIpc) is 2.60. The molecule has 1 N–H and O–H groups in total. The summed E-state index contributed by atoms with van der Waals surface area (Å²) >= 11 is 11.9. The van der Waals surface area contributed by atoms with Gasteiger partial charge in [-0.3, -0.25) is 4.79 Å². The van der Waals surface area contributed by atoms with Gasteiger partial charge >= 0.3 is 5.97 Å². The maximum Gasteiger partial charge on any atom is 0.338 e. The van der Waals surface area contributed by atoms with Gasteiger partial charge in [0.25, 0.3) is 5.91 Å². The third kappa shape index (κ3) is 4.58. The van der Waals surface area contributed by atoms with Gasteiger partial charge < -0.3 is 14.8 Å². The lowest BCUT2D eigenvalue weighted by Crippen LogP contribution is -2.21. The number of nitrogens with zero attached hydrogens (tertiary/aromatic N) is 1.